The molecule has 1 N–H and O–H groups in total. The van der Waals surface area contributed by atoms with Gasteiger partial charge in [-0.3, -0.25) is 4.79 Å². The van der Waals surface area contributed by atoms with Gasteiger partial charge in [0, 0.05) is 32.1 Å². The summed E-state index contributed by atoms with van der Waals surface area (Å²) in [5.41, 5.74) is 2.06. The van der Waals surface area contributed by atoms with Crippen LogP contribution in [0.4, 0.5) is 11.5 Å². The van der Waals surface area contributed by atoms with Crippen molar-refractivity contribution >= 4 is 22.5 Å². The zero-order valence-corrected chi connectivity index (χ0v) is 13.4. The van der Waals surface area contributed by atoms with Gasteiger partial charge in [0.25, 0.3) is 11.4 Å². The number of pyridine rings is 2. The van der Waals surface area contributed by atoms with Crippen molar-refractivity contribution in [2.45, 2.75) is 25.9 Å². The fraction of sp³-hybridized carbons (Fsp3) is 0.471. The molecule has 6 heteroatoms. The van der Waals surface area contributed by atoms with Crippen LogP contribution in [0.2, 0.25) is 0 Å². The van der Waals surface area contributed by atoms with E-state index in [1.165, 1.54) is 0 Å². The van der Waals surface area contributed by atoms with Crippen LogP contribution < -0.4 is 10.5 Å². The van der Waals surface area contributed by atoms with Crippen molar-refractivity contribution in [1.82, 2.24) is 9.55 Å². The normalized spacial score (nSPS) is 21.4. The van der Waals surface area contributed by atoms with Gasteiger partial charge in [-0.15, -0.1) is 4.98 Å². The van der Waals surface area contributed by atoms with Crippen molar-refractivity contribution < 1.29 is 5.11 Å². The van der Waals surface area contributed by atoms with Gasteiger partial charge >= 0.3 is 0 Å². The second-order valence-corrected chi connectivity index (χ2v) is 6.05. The van der Waals surface area contributed by atoms with Crippen molar-refractivity contribution in [2.24, 2.45) is 13.0 Å². The molecule has 0 radical (unpaired) electrons. The smallest absolute Gasteiger partial charge is 0.270 e. The van der Waals surface area contributed by atoms with E-state index in [9.17, 15) is 9.90 Å². The molecule has 0 saturated carbocycles. The molecule has 1 saturated heterocycles. The lowest BCUT2D eigenvalue weighted by Crippen LogP contribution is -2.43. The molecule has 23 heavy (non-hydrogen) atoms. The number of aliphatic hydroxyl groups excluding tert-OH is 1. The van der Waals surface area contributed by atoms with E-state index in [1.54, 1.807) is 29.8 Å². The van der Waals surface area contributed by atoms with Crippen molar-refractivity contribution in [3.8, 4) is 0 Å². The first-order valence-electron chi connectivity index (χ1n) is 7.86. The van der Waals surface area contributed by atoms with Crippen molar-refractivity contribution in [1.29, 1.82) is 0 Å². The summed E-state index contributed by atoms with van der Waals surface area (Å²) in [5, 5.41) is 10.1. The molecule has 3 heterocycles. The monoisotopic (exact) mass is 312 g/mol. The Morgan fingerprint density at radius 3 is 2.96 bits per heavy atom. The first kappa shape index (κ1) is 15.5. The summed E-state index contributed by atoms with van der Waals surface area (Å²) in [5.74, 6) is 0.508. The second kappa shape index (κ2) is 6.01. The molecular weight excluding hydrogens is 292 g/mol. The minimum absolute atomic E-state index is 0.0935. The van der Waals surface area contributed by atoms with Gasteiger partial charge in [0.05, 0.1) is 17.3 Å². The van der Waals surface area contributed by atoms with E-state index >= 15 is 0 Å². The molecule has 0 unspecified atom stereocenters. The lowest BCUT2D eigenvalue weighted by atomic mass is 9.92. The number of hydrogen-bond acceptors (Lipinski definition) is 4. The zero-order chi connectivity index (χ0) is 16.6. The molecule has 2 atom stereocenters. The third kappa shape index (κ3) is 2.68. The van der Waals surface area contributed by atoms with E-state index in [0.29, 0.717) is 30.8 Å². The fourth-order valence-corrected chi connectivity index (χ4v) is 3.24. The van der Waals surface area contributed by atoms with Gasteiger partial charge in [0.15, 0.2) is 0 Å². The maximum atomic E-state index is 12.3. The van der Waals surface area contributed by atoms with Crippen LogP contribution in [-0.4, -0.2) is 33.9 Å². The Hall–Kier alpha value is -2.39. The second-order valence-electron chi connectivity index (χ2n) is 6.05. The molecule has 1 fully saturated rings. The summed E-state index contributed by atoms with van der Waals surface area (Å²) in [6.07, 6.45) is 1.28. The maximum absolute atomic E-state index is 12.3. The van der Waals surface area contributed by atoms with Gasteiger partial charge in [0.1, 0.15) is 0 Å². The van der Waals surface area contributed by atoms with Crippen LogP contribution in [0.15, 0.2) is 23.0 Å². The summed E-state index contributed by atoms with van der Waals surface area (Å²) < 4.78 is 1.55. The number of aromatic nitrogens is 2. The van der Waals surface area contributed by atoms with Gasteiger partial charge in [-0.2, -0.15) is 0 Å². The Morgan fingerprint density at radius 1 is 1.48 bits per heavy atom. The molecule has 1 aliphatic heterocycles. The molecule has 0 aliphatic carbocycles. The number of aryl methyl sites for hydroxylation is 1. The van der Waals surface area contributed by atoms with E-state index in [-0.39, 0.29) is 17.6 Å². The number of rotatable bonds is 2. The molecule has 2 aromatic heterocycles. The molecule has 0 spiro atoms. The number of nitrogens with zero attached hydrogens (tertiary/aromatic N) is 4. The van der Waals surface area contributed by atoms with E-state index in [2.05, 4.69) is 21.7 Å². The highest BCUT2D eigenvalue weighted by molar-refractivity contribution is 5.89. The first-order chi connectivity index (χ1) is 11.0. The number of anilines is 1. The Bertz CT molecular complexity index is 837. The summed E-state index contributed by atoms with van der Waals surface area (Å²) in [6.45, 7) is 10.6. The van der Waals surface area contributed by atoms with Crippen LogP contribution in [-0.2, 0) is 7.05 Å². The summed E-state index contributed by atoms with van der Waals surface area (Å²) in [4.78, 5) is 22.2. The number of piperidine rings is 1. The van der Waals surface area contributed by atoms with E-state index in [1.807, 2.05) is 0 Å². The predicted octanol–water partition coefficient (Wildman–Crippen LogP) is 2.08. The zero-order valence-electron chi connectivity index (χ0n) is 13.4. The molecule has 120 valence electrons. The highest BCUT2D eigenvalue weighted by Crippen LogP contribution is 2.30. The number of aliphatic hydroxyl groups is 1. The van der Waals surface area contributed by atoms with E-state index in [4.69, 9.17) is 6.57 Å². The molecule has 2 aromatic rings. The van der Waals surface area contributed by atoms with Gasteiger partial charge < -0.3 is 19.4 Å². The third-order valence-electron chi connectivity index (χ3n) is 4.73. The van der Waals surface area contributed by atoms with Gasteiger partial charge in [-0.25, -0.2) is 0 Å². The van der Waals surface area contributed by atoms with Crippen LogP contribution in [0, 0.1) is 12.5 Å². The minimum Gasteiger partial charge on any atom is -0.393 e. The van der Waals surface area contributed by atoms with Crippen LogP contribution >= 0.6 is 0 Å². The minimum atomic E-state index is -0.291. The number of hydrogen-bond donors (Lipinski definition) is 1. The van der Waals surface area contributed by atoms with E-state index < -0.39 is 0 Å². The predicted molar refractivity (Wildman–Crippen MR) is 89.9 cm³/mol. The molecule has 6 nitrogen and oxygen atoms in total. The van der Waals surface area contributed by atoms with Gasteiger partial charge in [-0.1, -0.05) is 13.5 Å². The summed E-state index contributed by atoms with van der Waals surface area (Å²) >= 11 is 0. The lowest BCUT2D eigenvalue weighted by Gasteiger charge is -2.37. The largest absolute Gasteiger partial charge is 0.393 e. The molecular formula is C17H20N4O2. The van der Waals surface area contributed by atoms with Crippen molar-refractivity contribution in [3.05, 3.63) is 40.0 Å². The SMILES string of the molecule is [C-]#[N+]c1ccc2c(n1)c(N1CC[C@H](O)[C@H](CC)C1)cc(=O)n2C. The molecule has 1 aliphatic rings. The Morgan fingerprint density at radius 2 is 2.26 bits per heavy atom. The quantitative estimate of drug-likeness (QED) is 0.863. The van der Waals surface area contributed by atoms with Crippen LogP contribution in [0.25, 0.3) is 15.9 Å². The first-order valence-corrected chi connectivity index (χ1v) is 7.86. The van der Waals surface area contributed by atoms with Crippen LogP contribution in [0.5, 0.6) is 0 Å². The summed E-state index contributed by atoms with van der Waals surface area (Å²) in [7, 11) is 1.71. The Balaban J connectivity index is 2.15. The average Bonchev–Trinajstić information content (AvgIpc) is 2.58. The molecule has 0 bridgehead atoms. The maximum Gasteiger partial charge on any atom is 0.270 e. The fourth-order valence-electron chi connectivity index (χ4n) is 3.24. The highest BCUT2D eigenvalue weighted by atomic mass is 16.3. The van der Waals surface area contributed by atoms with Gasteiger partial charge in [-0.05, 0) is 25.0 Å². The Kier molecular flexibility index (Phi) is 4.05. The topological polar surface area (TPSA) is 62.7 Å². The standard InChI is InChI=1S/C17H20N4O2/c1-4-11-10-21(8-7-14(11)22)13-9-16(23)20(3)12-5-6-15(18-2)19-17(12)13/h5-6,9,11,14,22H,4,7-8,10H2,1,3H3/t11-,14+/m1/s1. The third-order valence-corrected chi connectivity index (χ3v) is 4.73. The highest BCUT2D eigenvalue weighted by Gasteiger charge is 2.28. The Labute approximate surface area is 134 Å². The van der Waals surface area contributed by atoms with Crippen molar-refractivity contribution in [2.75, 3.05) is 18.0 Å². The summed E-state index contributed by atoms with van der Waals surface area (Å²) in [6, 6.07) is 5.00. The van der Waals surface area contributed by atoms with Crippen LogP contribution in [0.3, 0.4) is 0 Å². The van der Waals surface area contributed by atoms with E-state index in [0.717, 1.165) is 17.6 Å². The van der Waals surface area contributed by atoms with Gasteiger partial charge in [0.2, 0.25) is 5.52 Å². The molecule has 0 aromatic carbocycles. The lowest BCUT2D eigenvalue weighted by molar-refractivity contribution is 0.0861. The average molecular weight is 312 g/mol. The molecule has 3 rings (SSSR count). The number of fused-ring (bicyclic) bond motifs is 1. The van der Waals surface area contributed by atoms with Crippen LogP contribution in [0.1, 0.15) is 19.8 Å². The van der Waals surface area contributed by atoms with Crippen molar-refractivity contribution in [3.63, 3.8) is 0 Å². The molecule has 0 amide bonds.